The number of carbonyl (C=O) groups excluding carboxylic acids is 1. The number of hydrogen-bond acceptors (Lipinski definition) is 8. The zero-order chi connectivity index (χ0) is 29.0. The molecule has 0 unspecified atom stereocenters. The molecule has 4 rings (SSSR count). The number of nitrogens with zero attached hydrogens (tertiary/aromatic N) is 5. The largest absolute Gasteiger partial charge is 0.495 e. The van der Waals surface area contributed by atoms with Crippen LogP contribution >= 0.6 is 23.2 Å². The van der Waals surface area contributed by atoms with Gasteiger partial charge in [-0.05, 0) is 25.1 Å². The number of anilines is 1. The Labute approximate surface area is 239 Å². The van der Waals surface area contributed by atoms with Crippen LogP contribution in [-0.2, 0) is 11.3 Å². The minimum atomic E-state index is -1.33. The Bertz CT molecular complexity index is 1490. The molecule has 3 aromatic rings. The highest BCUT2D eigenvalue weighted by Crippen LogP contribution is 2.45. The number of ether oxygens (including phenoxy) is 2. The number of halogens is 2. The molecule has 0 saturated carbocycles. The van der Waals surface area contributed by atoms with E-state index in [2.05, 4.69) is 26.8 Å². The van der Waals surface area contributed by atoms with E-state index in [9.17, 15) is 14.4 Å². The fraction of sp³-hybridized carbons (Fsp3) is 0.346. The predicted octanol–water partition coefficient (Wildman–Crippen LogP) is 3.59. The lowest BCUT2D eigenvalue weighted by Crippen LogP contribution is -2.48. The molecule has 1 fully saturated rings. The molecule has 0 bridgehead atoms. The van der Waals surface area contributed by atoms with Crippen molar-refractivity contribution in [1.29, 1.82) is 0 Å². The van der Waals surface area contributed by atoms with E-state index in [-0.39, 0.29) is 56.7 Å². The van der Waals surface area contributed by atoms with Crippen LogP contribution in [-0.4, -0.2) is 88.4 Å². The van der Waals surface area contributed by atoms with Crippen molar-refractivity contribution in [2.75, 3.05) is 52.3 Å². The number of aromatic nitrogens is 3. The standard InChI is InChI=1S/C26H28Cl2N6O6/c1-4-19(35)33-10-8-32(9-11-33)6-5-7-34-23-15(14-29-25(30-23)31-26(37)38)12-16(24(34)36)20-21(27)17(39-2)13-18(40-3)22(20)28/h4,12-14H,1,5-11H2,2-3H3,(H,37,38)(H,29,30,31). The number of rotatable bonds is 9. The highest BCUT2D eigenvalue weighted by atomic mass is 35.5. The third kappa shape index (κ3) is 5.98. The lowest BCUT2D eigenvalue weighted by molar-refractivity contribution is -0.127. The number of pyridine rings is 1. The summed E-state index contributed by atoms with van der Waals surface area (Å²) in [5, 5.41) is 12.0. The Morgan fingerprint density at radius 3 is 2.33 bits per heavy atom. The number of hydrogen-bond donors (Lipinski definition) is 2. The van der Waals surface area contributed by atoms with Crippen molar-refractivity contribution in [2.24, 2.45) is 0 Å². The molecule has 2 N–H and O–H groups in total. The van der Waals surface area contributed by atoms with Crippen LogP contribution < -0.4 is 20.3 Å². The SMILES string of the molecule is C=CC(=O)N1CCN(CCCn2c(=O)c(-c3c(Cl)c(OC)cc(OC)c3Cl)cc3cnc(NC(=O)O)nc32)CC1. The number of nitrogens with one attached hydrogen (secondary N) is 1. The summed E-state index contributed by atoms with van der Waals surface area (Å²) in [6.45, 7) is 7.03. The summed E-state index contributed by atoms with van der Waals surface area (Å²) in [5.41, 5.74) is 0.221. The van der Waals surface area contributed by atoms with E-state index in [0.29, 0.717) is 44.5 Å². The summed E-state index contributed by atoms with van der Waals surface area (Å²) in [6, 6.07) is 3.09. The average molecular weight is 591 g/mol. The molecule has 2 amide bonds. The molecule has 1 saturated heterocycles. The number of piperazine rings is 1. The lowest BCUT2D eigenvalue weighted by Gasteiger charge is -2.34. The van der Waals surface area contributed by atoms with E-state index < -0.39 is 11.7 Å². The second kappa shape index (κ2) is 12.5. The zero-order valence-corrected chi connectivity index (χ0v) is 23.5. The second-order valence-corrected chi connectivity index (χ2v) is 9.68. The molecule has 40 heavy (non-hydrogen) atoms. The number of carboxylic acid groups (broad SMARTS) is 1. The second-order valence-electron chi connectivity index (χ2n) is 8.93. The fourth-order valence-corrected chi connectivity index (χ4v) is 5.30. The maximum absolute atomic E-state index is 14.0. The van der Waals surface area contributed by atoms with Crippen LogP contribution in [0.4, 0.5) is 10.7 Å². The molecule has 14 heteroatoms. The summed E-state index contributed by atoms with van der Waals surface area (Å²) in [7, 11) is 2.88. The molecule has 12 nitrogen and oxygen atoms in total. The van der Waals surface area contributed by atoms with Crippen LogP contribution in [0.15, 0.2) is 35.8 Å². The van der Waals surface area contributed by atoms with Crippen molar-refractivity contribution in [3.05, 3.63) is 51.4 Å². The van der Waals surface area contributed by atoms with Gasteiger partial charge in [0.25, 0.3) is 5.56 Å². The molecule has 1 aliphatic heterocycles. The van der Waals surface area contributed by atoms with Crippen LogP contribution in [0.5, 0.6) is 11.5 Å². The van der Waals surface area contributed by atoms with Gasteiger partial charge in [0.2, 0.25) is 11.9 Å². The first-order valence-corrected chi connectivity index (χ1v) is 13.1. The van der Waals surface area contributed by atoms with Crippen molar-refractivity contribution in [3.63, 3.8) is 0 Å². The first-order valence-electron chi connectivity index (χ1n) is 12.3. The number of carbonyl (C=O) groups is 2. The van der Waals surface area contributed by atoms with Gasteiger partial charge in [0, 0.05) is 55.9 Å². The van der Waals surface area contributed by atoms with E-state index in [1.165, 1.54) is 37.1 Å². The first-order chi connectivity index (χ1) is 19.2. The molecule has 3 heterocycles. The number of benzene rings is 1. The Morgan fingerprint density at radius 1 is 1.10 bits per heavy atom. The van der Waals surface area contributed by atoms with Crippen LogP contribution in [0.2, 0.25) is 10.0 Å². The van der Waals surface area contributed by atoms with Crippen LogP contribution in [0.25, 0.3) is 22.2 Å². The number of fused-ring (bicyclic) bond motifs is 1. The maximum atomic E-state index is 14.0. The molecule has 2 aromatic heterocycles. The van der Waals surface area contributed by atoms with Gasteiger partial charge in [-0.25, -0.2) is 9.78 Å². The van der Waals surface area contributed by atoms with Gasteiger partial charge in [0.15, 0.2) is 0 Å². The van der Waals surface area contributed by atoms with Crippen molar-refractivity contribution >= 4 is 52.2 Å². The monoisotopic (exact) mass is 590 g/mol. The molecule has 1 aliphatic rings. The Kier molecular flexibility index (Phi) is 9.13. The van der Waals surface area contributed by atoms with E-state index >= 15 is 0 Å². The third-order valence-corrected chi connectivity index (χ3v) is 7.35. The molecular weight excluding hydrogens is 563 g/mol. The summed E-state index contributed by atoms with van der Waals surface area (Å²) >= 11 is 13.3. The smallest absolute Gasteiger partial charge is 0.411 e. The van der Waals surface area contributed by atoms with Crippen molar-refractivity contribution in [2.45, 2.75) is 13.0 Å². The highest BCUT2D eigenvalue weighted by Gasteiger charge is 2.24. The quantitative estimate of drug-likeness (QED) is 0.358. The van der Waals surface area contributed by atoms with E-state index in [1.807, 2.05) is 0 Å². The average Bonchev–Trinajstić information content (AvgIpc) is 2.94. The predicted molar refractivity (Wildman–Crippen MR) is 152 cm³/mol. The van der Waals surface area contributed by atoms with Gasteiger partial charge in [-0.15, -0.1) is 0 Å². The first kappa shape index (κ1) is 29.1. The van der Waals surface area contributed by atoms with E-state index in [1.54, 1.807) is 11.0 Å². The van der Waals surface area contributed by atoms with Gasteiger partial charge < -0.3 is 19.5 Å². The summed E-state index contributed by atoms with van der Waals surface area (Å²) in [5.74, 6) is 0.292. The topological polar surface area (TPSA) is 139 Å². The molecule has 0 radical (unpaired) electrons. The van der Waals surface area contributed by atoms with Gasteiger partial charge in [0.05, 0.1) is 29.8 Å². The molecule has 0 aliphatic carbocycles. The zero-order valence-electron chi connectivity index (χ0n) is 21.9. The lowest BCUT2D eigenvalue weighted by atomic mass is 10.0. The van der Waals surface area contributed by atoms with Gasteiger partial charge in [-0.1, -0.05) is 29.8 Å². The summed E-state index contributed by atoms with van der Waals surface area (Å²) in [4.78, 5) is 49.3. The molecule has 1 aromatic carbocycles. The number of amides is 2. The molecule has 0 spiro atoms. The maximum Gasteiger partial charge on any atom is 0.411 e. The fourth-order valence-electron chi connectivity index (χ4n) is 4.60. The normalized spacial score (nSPS) is 13.8. The minimum Gasteiger partial charge on any atom is -0.495 e. The number of methoxy groups -OCH3 is 2. The van der Waals surface area contributed by atoms with Gasteiger partial charge >= 0.3 is 6.09 Å². The highest BCUT2D eigenvalue weighted by molar-refractivity contribution is 6.41. The van der Waals surface area contributed by atoms with Gasteiger partial charge in [-0.2, -0.15) is 4.98 Å². The Balaban J connectivity index is 1.73. The van der Waals surface area contributed by atoms with Gasteiger partial charge in [0.1, 0.15) is 17.1 Å². The van der Waals surface area contributed by atoms with Crippen LogP contribution in [0.3, 0.4) is 0 Å². The van der Waals surface area contributed by atoms with E-state index in [0.717, 1.165) is 0 Å². The minimum absolute atomic E-state index is 0.0913. The summed E-state index contributed by atoms with van der Waals surface area (Å²) in [6.07, 6.45) is 1.97. The van der Waals surface area contributed by atoms with Crippen LogP contribution in [0.1, 0.15) is 6.42 Å². The molecular formula is C26H28Cl2N6O6. The van der Waals surface area contributed by atoms with Crippen LogP contribution in [0, 0.1) is 0 Å². The number of aryl methyl sites for hydroxylation is 1. The van der Waals surface area contributed by atoms with E-state index in [4.69, 9.17) is 37.8 Å². The van der Waals surface area contributed by atoms with Gasteiger partial charge in [-0.3, -0.25) is 24.4 Å². The summed E-state index contributed by atoms with van der Waals surface area (Å²) < 4.78 is 12.2. The van der Waals surface area contributed by atoms with Crippen molar-refractivity contribution in [3.8, 4) is 22.6 Å². The Hall–Kier alpha value is -3.87. The molecule has 0 atom stereocenters. The van der Waals surface area contributed by atoms with Crippen molar-refractivity contribution < 1.29 is 24.2 Å². The third-order valence-electron chi connectivity index (χ3n) is 6.60. The van der Waals surface area contributed by atoms with Crippen molar-refractivity contribution in [1.82, 2.24) is 24.3 Å². The molecule has 212 valence electrons. The Morgan fingerprint density at radius 2 is 1.75 bits per heavy atom.